The van der Waals surface area contributed by atoms with Gasteiger partial charge in [-0.1, -0.05) is 44.5 Å². The van der Waals surface area contributed by atoms with Gasteiger partial charge in [0.25, 0.3) is 0 Å². The van der Waals surface area contributed by atoms with Gasteiger partial charge in [-0.15, -0.1) is 0 Å². The molecule has 42 heavy (non-hydrogen) atoms. The second-order valence-electron chi connectivity index (χ2n) is 14.5. The summed E-state index contributed by atoms with van der Waals surface area (Å²) in [6.07, 6.45) is -4.29. The molecule has 1 spiro atoms. The van der Waals surface area contributed by atoms with Gasteiger partial charge in [0.05, 0.1) is 18.8 Å². The summed E-state index contributed by atoms with van der Waals surface area (Å²) in [5.74, 6) is -7.94. The van der Waals surface area contributed by atoms with Gasteiger partial charge >= 0.3 is 12.1 Å². The molecule has 4 fully saturated rings. The van der Waals surface area contributed by atoms with E-state index < -0.39 is 58.7 Å². The highest BCUT2D eigenvalue weighted by molar-refractivity contribution is 5.75. The van der Waals surface area contributed by atoms with Gasteiger partial charge in [-0.05, 0) is 67.6 Å². The number of halogens is 5. The fourth-order valence-corrected chi connectivity index (χ4v) is 9.16. The molecule has 0 bridgehead atoms. The maximum atomic E-state index is 15.2. The Hall–Kier alpha value is -1.88. The zero-order chi connectivity index (χ0) is 30.6. The maximum Gasteiger partial charge on any atom is 0.456 e. The van der Waals surface area contributed by atoms with E-state index >= 15 is 8.78 Å². The fourth-order valence-electron chi connectivity index (χ4n) is 9.16. The Morgan fingerprint density at radius 2 is 1.67 bits per heavy atom. The first kappa shape index (κ1) is 30.2. The molecule has 2 N–H and O–H groups in total. The van der Waals surface area contributed by atoms with E-state index in [0.717, 1.165) is 11.1 Å². The van der Waals surface area contributed by atoms with Crippen molar-refractivity contribution < 1.29 is 46.4 Å². The summed E-state index contributed by atoms with van der Waals surface area (Å²) < 4.78 is 84.2. The monoisotopic (exact) mass is 598 g/mol. The highest BCUT2D eigenvalue weighted by Gasteiger charge is 2.79. The van der Waals surface area contributed by atoms with Crippen LogP contribution in [0.2, 0.25) is 0 Å². The summed E-state index contributed by atoms with van der Waals surface area (Å²) in [7, 11) is 0. The van der Waals surface area contributed by atoms with Gasteiger partial charge in [0.15, 0.2) is 5.79 Å². The summed E-state index contributed by atoms with van der Waals surface area (Å²) in [6.45, 7) is 6.41. The molecule has 5 aliphatic rings. The topological polar surface area (TPSA) is 76.0 Å². The van der Waals surface area contributed by atoms with Gasteiger partial charge < -0.3 is 19.7 Å². The number of aldehydes is 1. The Kier molecular flexibility index (Phi) is 6.69. The lowest BCUT2D eigenvalue weighted by molar-refractivity contribution is -0.362. The van der Waals surface area contributed by atoms with Crippen molar-refractivity contribution in [3.8, 4) is 0 Å². The van der Waals surface area contributed by atoms with Crippen LogP contribution in [-0.4, -0.2) is 58.8 Å². The largest absolute Gasteiger partial charge is 0.456 e. The molecule has 1 aromatic carbocycles. The van der Waals surface area contributed by atoms with Crippen LogP contribution in [0.3, 0.4) is 0 Å². The van der Waals surface area contributed by atoms with Crippen LogP contribution in [0.1, 0.15) is 94.0 Å². The van der Waals surface area contributed by atoms with Gasteiger partial charge in [0.1, 0.15) is 11.9 Å². The molecule has 6 rings (SSSR count). The van der Waals surface area contributed by atoms with Crippen molar-refractivity contribution in [2.24, 2.45) is 22.7 Å². The third-order valence-corrected chi connectivity index (χ3v) is 11.3. The SMILES string of the molecule is CC1(C)COC2(CCC3=C4[C@@H](CC[C@@]3(O)C2)[C@@H]2CC[C@@](O)(C(F)(F)C(F)(F)F)[C@@]2(C)C[C@@H]4c2cccc(C=O)c2)OC1. The van der Waals surface area contributed by atoms with Crippen LogP contribution in [0.4, 0.5) is 22.0 Å². The van der Waals surface area contributed by atoms with Crippen molar-refractivity contribution >= 4 is 6.29 Å². The third kappa shape index (κ3) is 4.18. The Labute approximate surface area is 242 Å². The molecule has 10 heteroatoms. The molecule has 232 valence electrons. The first-order valence-corrected chi connectivity index (χ1v) is 14.9. The van der Waals surface area contributed by atoms with E-state index in [1.165, 1.54) is 6.92 Å². The summed E-state index contributed by atoms with van der Waals surface area (Å²) >= 11 is 0. The number of fused-ring (bicyclic) bond motifs is 4. The van der Waals surface area contributed by atoms with Crippen LogP contribution in [0.15, 0.2) is 35.4 Å². The fraction of sp³-hybridized carbons (Fsp3) is 0.719. The Morgan fingerprint density at radius 3 is 2.31 bits per heavy atom. The highest BCUT2D eigenvalue weighted by Crippen LogP contribution is 2.71. The molecule has 6 atom stereocenters. The molecule has 1 saturated heterocycles. The zero-order valence-corrected chi connectivity index (χ0v) is 24.2. The second kappa shape index (κ2) is 9.31. The number of aliphatic hydroxyl groups is 2. The lowest BCUT2D eigenvalue weighted by Crippen LogP contribution is -2.65. The number of hydrogen-bond donors (Lipinski definition) is 2. The number of carbonyl (C=O) groups is 1. The summed E-state index contributed by atoms with van der Waals surface area (Å²) in [6, 6.07) is 6.64. The molecule has 5 nitrogen and oxygen atoms in total. The van der Waals surface area contributed by atoms with Crippen LogP contribution >= 0.6 is 0 Å². The predicted molar refractivity (Wildman–Crippen MR) is 143 cm³/mol. The van der Waals surface area contributed by atoms with E-state index in [-0.39, 0.29) is 31.1 Å². The Bertz CT molecular complexity index is 1300. The summed E-state index contributed by atoms with van der Waals surface area (Å²) in [5.41, 5.74) is -3.91. The molecule has 1 aliphatic heterocycles. The van der Waals surface area contributed by atoms with Crippen LogP contribution in [-0.2, 0) is 9.47 Å². The minimum Gasteiger partial charge on any atom is -0.385 e. The molecular weight excluding hydrogens is 559 g/mol. The predicted octanol–water partition coefficient (Wildman–Crippen LogP) is 6.72. The standard InChI is InChI=1S/C32H39F5O5/c1-26(2)17-41-29(42-18-26)11-8-24-25-21(7-10-28(24,39)16-29)23-9-12-30(40,31(33,34)32(35,36)37)27(23,3)14-22(25)20-6-4-5-19(13-20)15-38/h4-6,13,15,21-23,39-40H,7-12,14,16-18H2,1-3H3/t21-,22+,23-,27-,28+,30-/m0/s1. The van der Waals surface area contributed by atoms with Crippen molar-refractivity contribution in [2.75, 3.05) is 13.2 Å². The summed E-state index contributed by atoms with van der Waals surface area (Å²) in [5, 5.41) is 23.6. The highest BCUT2D eigenvalue weighted by atomic mass is 19.4. The van der Waals surface area contributed by atoms with Gasteiger partial charge in [-0.2, -0.15) is 22.0 Å². The minimum absolute atomic E-state index is 0.0187. The average molecular weight is 599 g/mol. The van der Waals surface area contributed by atoms with E-state index in [1.54, 1.807) is 24.3 Å². The third-order valence-electron chi connectivity index (χ3n) is 11.3. The molecule has 1 aromatic rings. The van der Waals surface area contributed by atoms with E-state index in [1.807, 2.05) is 13.8 Å². The number of alkyl halides is 5. The molecule has 1 heterocycles. The zero-order valence-electron chi connectivity index (χ0n) is 24.2. The van der Waals surface area contributed by atoms with E-state index in [0.29, 0.717) is 49.9 Å². The minimum atomic E-state index is -5.91. The summed E-state index contributed by atoms with van der Waals surface area (Å²) in [4.78, 5) is 11.7. The number of hydrogen-bond acceptors (Lipinski definition) is 5. The first-order chi connectivity index (χ1) is 19.4. The van der Waals surface area contributed by atoms with Gasteiger partial charge in [-0.25, -0.2) is 0 Å². The van der Waals surface area contributed by atoms with E-state index in [2.05, 4.69) is 0 Å². The second-order valence-corrected chi connectivity index (χ2v) is 14.5. The van der Waals surface area contributed by atoms with E-state index in [9.17, 15) is 28.2 Å². The number of ether oxygens (including phenoxy) is 2. The molecule has 4 aliphatic carbocycles. The lowest BCUT2D eigenvalue weighted by atomic mass is 9.49. The average Bonchev–Trinajstić information content (AvgIpc) is 3.20. The van der Waals surface area contributed by atoms with Crippen molar-refractivity contribution in [3.05, 3.63) is 46.5 Å². The number of allylic oxidation sites excluding steroid dienone is 1. The number of rotatable bonds is 3. The quantitative estimate of drug-likeness (QED) is 0.230. The number of benzene rings is 1. The maximum absolute atomic E-state index is 15.2. The van der Waals surface area contributed by atoms with Gasteiger partial charge in [0, 0.05) is 35.2 Å². The Morgan fingerprint density at radius 1 is 0.976 bits per heavy atom. The smallest absolute Gasteiger partial charge is 0.385 e. The van der Waals surface area contributed by atoms with E-state index in [4.69, 9.17) is 9.47 Å². The van der Waals surface area contributed by atoms with Crippen LogP contribution < -0.4 is 0 Å². The van der Waals surface area contributed by atoms with Crippen molar-refractivity contribution in [1.82, 2.24) is 0 Å². The van der Waals surface area contributed by atoms with Gasteiger partial charge in [-0.3, -0.25) is 4.79 Å². The van der Waals surface area contributed by atoms with Crippen molar-refractivity contribution in [3.63, 3.8) is 0 Å². The van der Waals surface area contributed by atoms with Crippen LogP contribution in [0, 0.1) is 22.7 Å². The molecule has 0 unspecified atom stereocenters. The first-order valence-electron chi connectivity index (χ1n) is 14.9. The van der Waals surface area contributed by atoms with Crippen LogP contribution in [0.5, 0.6) is 0 Å². The lowest BCUT2D eigenvalue weighted by Gasteiger charge is -2.59. The molecule has 0 aromatic heterocycles. The molecule has 0 amide bonds. The van der Waals surface area contributed by atoms with Crippen molar-refractivity contribution in [2.45, 2.75) is 107 Å². The Balaban J connectivity index is 1.47. The molecule has 3 saturated carbocycles. The van der Waals surface area contributed by atoms with Crippen molar-refractivity contribution in [1.29, 1.82) is 0 Å². The number of carbonyl (C=O) groups excluding carboxylic acids is 1. The molecule has 0 radical (unpaired) electrons. The molecular formula is C32H39F5O5. The van der Waals surface area contributed by atoms with Crippen LogP contribution in [0.25, 0.3) is 0 Å². The van der Waals surface area contributed by atoms with Gasteiger partial charge in [0.2, 0.25) is 0 Å². The normalized spacial score (nSPS) is 39.4.